The normalized spacial score (nSPS) is 15.7. The number of carbonyl (C=O) groups is 4. The first-order chi connectivity index (χ1) is 20.0. The number of imide groups is 2. The van der Waals surface area contributed by atoms with E-state index >= 15 is 0 Å². The number of carbonyl (C=O) groups excluding carboxylic acids is 4. The van der Waals surface area contributed by atoms with E-state index in [1.54, 1.807) is 26.0 Å². The van der Waals surface area contributed by atoms with Crippen molar-refractivity contribution in [3.8, 4) is 0 Å². The lowest BCUT2D eigenvalue weighted by atomic mass is 9.84. The fraction of sp³-hybridized carbons (Fsp3) is 0.133. The maximum absolute atomic E-state index is 13.7. The van der Waals surface area contributed by atoms with Gasteiger partial charge >= 0.3 is 0 Å². The molecule has 12 nitrogen and oxygen atoms in total. The van der Waals surface area contributed by atoms with Crippen molar-refractivity contribution in [3.63, 3.8) is 0 Å². The van der Waals surface area contributed by atoms with Gasteiger partial charge in [0.25, 0.3) is 29.3 Å². The van der Waals surface area contributed by atoms with E-state index < -0.39 is 40.6 Å². The molecule has 0 bridgehead atoms. The van der Waals surface area contributed by atoms with Crippen LogP contribution >= 0.6 is 0 Å². The number of nitro groups is 1. The van der Waals surface area contributed by atoms with Crippen LogP contribution in [0, 0.1) is 10.1 Å². The second kappa shape index (κ2) is 9.58. The molecule has 6 rings (SSSR count). The van der Waals surface area contributed by atoms with Crippen LogP contribution in [0.3, 0.4) is 0 Å². The summed E-state index contributed by atoms with van der Waals surface area (Å²) in [6.45, 7) is 3.31. The Balaban J connectivity index is 1.40. The topological polar surface area (TPSA) is 162 Å². The van der Waals surface area contributed by atoms with Crippen molar-refractivity contribution < 1.29 is 34.5 Å². The van der Waals surface area contributed by atoms with E-state index in [9.17, 15) is 39.7 Å². The van der Waals surface area contributed by atoms with Crippen LogP contribution in [-0.2, 0) is 0 Å². The summed E-state index contributed by atoms with van der Waals surface area (Å²) in [4.78, 5) is 67.5. The minimum atomic E-state index is -0.754. The van der Waals surface area contributed by atoms with Crippen LogP contribution < -0.4 is 5.23 Å². The number of hydrogen-bond donors (Lipinski definition) is 2. The summed E-state index contributed by atoms with van der Waals surface area (Å²) in [5.41, 5.74) is 1.72. The Hall–Kier alpha value is -5.46. The molecule has 2 unspecified atom stereocenters. The number of hydrogen-bond acceptors (Lipinski definition) is 9. The minimum Gasteiger partial charge on any atom is -0.269 e. The number of rotatable bonds is 6. The number of nitro benzene ring substituents is 1. The highest BCUT2D eigenvalue weighted by atomic mass is 16.8. The van der Waals surface area contributed by atoms with Crippen LogP contribution in [0.4, 0.5) is 11.4 Å². The Morgan fingerprint density at radius 3 is 1.26 bits per heavy atom. The molecule has 4 aromatic rings. The smallest absolute Gasteiger partial charge is 0.269 e. The van der Waals surface area contributed by atoms with Crippen LogP contribution in [-0.4, -0.2) is 48.8 Å². The van der Waals surface area contributed by atoms with Gasteiger partial charge in [-0.1, -0.05) is 24.3 Å². The molecule has 0 fully saturated rings. The SMILES string of the molecule is CC(c1ccc(N(O)O)cc1)N1C(=O)c2ccc3c4c(ccc(c24)C1=O)C(=O)N(C(C)c1ccc([N+](=O)[O-])cc1)C3=O. The standard InChI is InChI=1S/C30H22N4O8/c1-15(17-3-7-19(8-4-17)33(39)40)31-27(35)21-11-13-23-26-24(14-12-22(25(21)26)28(31)36)30(38)32(29(23)37)16(2)18-5-9-20(10-6-18)34(41)42/h3-16,39-40H,1-2H3. The fourth-order valence-electron chi connectivity index (χ4n) is 5.67. The molecule has 4 aromatic carbocycles. The fourth-order valence-corrected chi connectivity index (χ4v) is 5.67. The van der Waals surface area contributed by atoms with Crippen LogP contribution in [0.25, 0.3) is 10.8 Å². The van der Waals surface area contributed by atoms with Gasteiger partial charge in [0.15, 0.2) is 0 Å². The van der Waals surface area contributed by atoms with Gasteiger partial charge in [-0.3, -0.25) is 49.5 Å². The number of non-ortho nitro benzene ring substituents is 1. The maximum atomic E-state index is 13.7. The second-order valence-corrected chi connectivity index (χ2v) is 10.1. The van der Waals surface area contributed by atoms with Gasteiger partial charge < -0.3 is 0 Å². The molecule has 2 aliphatic heterocycles. The number of amides is 4. The maximum Gasteiger partial charge on any atom is 0.269 e. The van der Waals surface area contributed by atoms with E-state index in [1.807, 2.05) is 0 Å². The summed E-state index contributed by atoms with van der Waals surface area (Å²) in [6.07, 6.45) is 0. The van der Waals surface area contributed by atoms with Crippen molar-refractivity contribution in [1.82, 2.24) is 9.80 Å². The predicted octanol–water partition coefficient (Wildman–Crippen LogP) is 5.05. The summed E-state index contributed by atoms with van der Waals surface area (Å²) >= 11 is 0. The third-order valence-corrected chi connectivity index (χ3v) is 7.92. The van der Waals surface area contributed by atoms with E-state index in [1.165, 1.54) is 60.7 Å². The molecule has 2 atom stereocenters. The quantitative estimate of drug-likeness (QED) is 0.185. The van der Waals surface area contributed by atoms with E-state index in [2.05, 4.69) is 0 Å². The van der Waals surface area contributed by atoms with Crippen LogP contribution in [0.5, 0.6) is 0 Å². The third-order valence-electron chi connectivity index (χ3n) is 7.92. The van der Waals surface area contributed by atoms with Gasteiger partial charge in [-0.05, 0) is 61.4 Å². The molecule has 12 heteroatoms. The highest BCUT2D eigenvalue weighted by Crippen LogP contribution is 2.41. The van der Waals surface area contributed by atoms with Crippen molar-refractivity contribution in [3.05, 3.63) is 116 Å². The molecule has 2 heterocycles. The summed E-state index contributed by atoms with van der Waals surface area (Å²) < 4.78 is 0. The van der Waals surface area contributed by atoms with Crippen LogP contribution in [0.1, 0.15) is 78.5 Å². The van der Waals surface area contributed by atoms with Crippen molar-refractivity contribution >= 4 is 45.8 Å². The number of nitrogens with zero attached hydrogens (tertiary/aromatic N) is 4. The van der Waals surface area contributed by atoms with Gasteiger partial charge in [-0.15, -0.1) is 5.23 Å². The Morgan fingerprint density at radius 1 is 0.619 bits per heavy atom. The van der Waals surface area contributed by atoms with E-state index in [0.717, 1.165) is 9.80 Å². The van der Waals surface area contributed by atoms with Crippen LogP contribution in [0.2, 0.25) is 0 Å². The Bertz CT molecular complexity index is 1780. The molecule has 2 aliphatic rings. The molecule has 0 radical (unpaired) electrons. The summed E-state index contributed by atoms with van der Waals surface area (Å²) in [5, 5.41) is 29.9. The molecule has 0 aliphatic carbocycles. The molecule has 210 valence electrons. The molecule has 0 saturated carbocycles. The molecule has 0 aromatic heterocycles. The van der Waals surface area contributed by atoms with Gasteiger partial charge in [0, 0.05) is 45.2 Å². The molecular formula is C30H22N4O8. The van der Waals surface area contributed by atoms with E-state index in [-0.39, 0.29) is 49.6 Å². The number of benzene rings is 4. The van der Waals surface area contributed by atoms with Gasteiger partial charge in [0.1, 0.15) is 0 Å². The molecule has 0 saturated heterocycles. The first-order valence-electron chi connectivity index (χ1n) is 12.9. The third kappa shape index (κ3) is 3.84. The Kier molecular flexibility index (Phi) is 6.10. The van der Waals surface area contributed by atoms with Crippen molar-refractivity contribution in [2.45, 2.75) is 25.9 Å². The van der Waals surface area contributed by atoms with Gasteiger partial charge in [-0.2, -0.15) is 0 Å². The van der Waals surface area contributed by atoms with Gasteiger partial charge in [-0.25, -0.2) is 0 Å². The average molecular weight is 567 g/mol. The van der Waals surface area contributed by atoms with Crippen molar-refractivity contribution in [2.24, 2.45) is 0 Å². The highest BCUT2D eigenvalue weighted by Gasteiger charge is 2.42. The zero-order valence-corrected chi connectivity index (χ0v) is 22.2. The summed E-state index contributed by atoms with van der Waals surface area (Å²) in [5.74, 6) is -2.42. The average Bonchev–Trinajstić information content (AvgIpc) is 2.98. The summed E-state index contributed by atoms with van der Waals surface area (Å²) in [6, 6.07) is 16.0. The highest BCUT2D eigenvalue weighted by molar-refractivity contribution is 6.33. The molecule has 42 heavy (non-hydrogen) atoms. The first kappa shape index (κ1) is 26.7. The predicted molar refractivity (Wildman–Crippen MR) is 147 cm³/mol. The monoisotopic (exact) mass is 566 g/mol. The summed E-state index contributed by atoms with van der Waals surface area (Å²) in [7, 11) is 0. The Labute approximate surface area is 237 Å². The largest absolute Gasteiger partial charge is 0.269 e. The number of anilines is 1. The lowest BCUT2D eigenvalue weighted by Crippen LogP contribution is -2.44. The zero-order valence-electron chi connectivity index (χ0n) is 22.2. The minimum absolute atomic E-state index is 0.0435. The molecular weight excluding hydrogens is 544 g/mol. The second-order valence-electron chi connectivity index (χ2n) is 10.1. The van der Waals surface area contributed by atoms with Crippen LogP contribution in [0.15, 0.2) is 72.8 Å². The lowest BCUT2D eigenvalue weighted by Gasteiger charge is -2.36. The van der Waals surface area contributed by atoms with Gasteiger partial charge in [0.05, 0.1) is 22.7 Å². The van der Waals surface area contributed by atoms with Gasteiger partial charge in [0.2, 0.25) is 0 Å². The zero-order chi connectivity index (χ0) is 30.0. The lowest BCUT2D eigenvalue weighted by molar-refractivity contribution is -0.384. The molecule has 4 amide bonds. The van der Waals surface area contributed by atoms with E-state index in [4.69, 9.17) is 0 Å². The van der Waals surface area contributed by atoms with Crippen molar-refractivity contribution in [2.75, 3.05) is 5.23 Å². The molecule has 2 N–H and O–H groups in total. The molecule has 0 spiro atoms. The Morgan fingerprint density at radius 2 is 0.952 bits per heavy atom. The van der Waals surface area contributed by atoms with E-state index in [0.29, 0.717) is 11.1 Å². The van der Waals surface area contributed by atoms with Crippen molar-refractivity contribution in [1.29, 1.82) is 0 Å². The first-order valence-corrected chi connectivity index (χ1v) is 12.9.